The Kier molecular flexibility index (Phi) is 68.1. The van der Waals surface area contributed by atoms with Crippen molar-refractivity contribution in [2.75, 3.05) is 39.6 Å². The number of hydrogen-bond acceptors (Lipinski definition) is 15. The smallest absolute Gasteiger partial charge is 0.462 e. The second-order valence-corrected chi connectivity index (χ2v) is 31.8. The molecule has 0 saturated heterocycles. The van der Waals surface area contributed by atoms with Crippen LogP contribution in [0.2, 0.25) is 0 Å². The minimum absolute atomic E-state index is 0.0843. The Bertz CT molecular complexity index is 2020. The molecule has 0 rings (SSSR count). The molecule has 0 aliphatic heterocycles. The minimum atomic E-state index is -4.97. The van der Waals surface area contributed by atoms with Gasteiger partial charge in [0.2, 0.25) is 0 Å². The van der Waals surface area contributed by atoms with Gasteiger partial charge in [0.25, 0.3) is 0 Å². The van der Waals surface area contributed by atoms with Crippen molar-refractivity contribution in [2.24, 2.45) is 17.8 Å². The first-order valence-electron chi connectivity index (χ1n) is 40.8. The molecule has 8 atom stereocenters. The lowest BCUT2D eigenvalue weighted by Crippen LogP contribution is -2.30. The molecular formula is C80H152O17P2. The highest BCUT2D eigenvalue weighted by Crippen LogP contribution is 2.45. The summed E-state index contributed by atoms with van der Waals surface area (Å²) in [6, 6.07) is 0. The SMILES string of the molecule is CCCCCC/C=C\C=C/CCCCCCCC(=O)O[C@H](COC(=O)CCCCCCCCCCC(C)CC)COP(=O)(O)OC[C@@H](O)COP(=O)(O)OC[C@@H](COC(=O)CCCCCCCCC(C)CC)OC(=O)CCCCCCCCCCCCCCCCCCCCC(C)CC. The van der Waals surface area contributed by atoms with Crippen molar-refractivity contribution in [1.29, 1.82) is 0 Å². The number of allylic oxidation sites excluding steroid dienone is 4. The average molecular weight is 1450 g/mol. The van der Waals surface area contributed by atoms with Gasteiger partial charge in [-0.1, -0.05) is 336 Å². The van der Waals surface area contributed by atoms with E-state index in [1.165, 1.54) is 180 Å². The number of carbonyl (C=O) groups excluding carboxylic acids is 4. The van der Waals surface area contributed by atoms with Gasteiger partial charge in [-0.25, -0.2) is 9.13 Å². The van der Waals surface area contributed by atoms with Gasteiger partial charge in [0.05, 0.1) is 26.4 Å². The van der Waals surface area contributed by atoms with Crippen LogP contribution >= 0.6 is 15.6 Å². The lowest BCUT2D eigenvalue weighted by molar-refractivity contribution is -0.161. The summed E-state index contributed by atoms with van der Waals surface area (Å²) in [7, 11) is -9.93. The number of aliphatic hydroxyl groups is 1. The van der Waals surface area contributed by atoms with Gasteiger partial charge in [0.15, 0.2) is 12.2 Å². The van der Waals surface area contributed by atoms with Crippen LogP contribution < -0.4 is 0 Å². The average Bonchev–Trinajstić information content (AvgIpc) is 1.02. The second kappa shape index (κ2) is 69.9. The Balaban J connectivity index is 5.23. The number of aliphatic hydroxyl groups excluding tert-OH is 1. The summed E-state index contributed by atoms with van der Waals surface area (Å²) in [4.78, 5) is 72.9. The summed E-state index contributed by atoms with van der Waals surface area (Å²) in [6.45, 7) is 11.9. The van der Waals surface area contributed by atoms with Crippen LogP contribution in [0.25, 0.3) is 0 Å². The van der Waals surface area contributed by atoms with Crippen molar-refractivity contribution >= 4 is 39.5 Å². The number of rotatable bonds is 76. The largest absolute Gasteiger partial charge is 0.472 e. The number of ether oxygens (including phenoxy) is 4. The van der Waals surface area contributed by atoms with E-state index in [2.05, 4.69) is 72.8 Å². The molecule has 584 valence electrons. The zero-order valence-electron chi connectivity index (χ0n) is 64.4. The molecule has 0 saturated carbocycles. The molecule has 3 N–H and O–H groups in total. The topological polar surface area (TPSA) is 237 Å². The molecule has 0 aromatic carbocycles. The van der Waals surface area contributed by atoms with Crippen LogP contribution in [0.15, 0.2) is 24.3 Å². The van der Waals surface area contributed by atoms with Crippen LogP contribution in [0.5, 0.6) is 0 Å². The van der Waals surface area contributed by atoms with Crippen molar-refractivity contribution in [2.45, 2.75) is 407 Å². The number of esters is 4. The van der Waals surface area contributed by atoms with Crippen molar-refractivity contribution in [3.05, 3.63) is 24.3 Å². The number of hydrogen-bond donors (Lipinski definition) is 3. The van der Waals surface area contributed by atoms with E-state index < -0.39 is 97.5 Å². The van der Waals surface area contributed by atoms with Crippen LogP contribution in [0.3, 0.4) is 0 Å². The van der Waals surface area contributed by atoms with Crippen molar-refractivity contribution < 1.29 is 80.2 Å². The van der Waals surface area contributed by atoms with Crippen molar-refractivity contribution in [3.8, 4) is 0 Å². The van der Waals surface area contributed by atoms with Gasteiger partial charge in [-0.15, -0.1) is 0 Å². The quantitative estimate of drug-likeness (QED) is 0.0169. The Morgan fingerprint density at radius 1 is 0.323 bits per heavy atom. The van der Waals surface area contributed by atoms with E-state index >= 15 is 0 Å². The normalized spacial score (nSPS) is 15.0. The molecule has 0 aliphatic carbocycles. The molecule has 0 fully saturated rings. The van der Waals surface area contributed by atoms with Crippen LogP contribution in [-0.4, -0.2) is 96.7 Å². The number of unbranched alkanes of at least 4 members (excludes halogenated alkanes) is 38. The zero-order valence-corrected chi connectivity index (χ0v) is 66.2. The molecule has 0 amide bonds. The molecule has 0 spiro atoms. The molecule has 0 bridgehead atoms. The first-order chi connectivity index (χ1) is 47.8. The Labute approximate surface area is 605 Å². The van der Waals surface area contributed by atoms with Crippen molar-refractivity contribution in [1.82, 2.24) is 0 Å². The zero-order chi connectivity index (χ0) is 73.0. The van der Waals surface area contributed by atoms with E-state index in [-0.39, 0.29) is 25.7 Å². The number of phosphoric ester groups is 2. The summed E-state index contributed by atoms with van der Waals surface area (Å²) in [5.41, 5.74) is 0. The molecule has 0 aromatic rings. The van der Waals surface area contributed by atoms with Crippen molar-refractivity contribution in [3.63, 3.8) is 0 Å². The maximum Gasteiger partial charge on any atom is 0.472 e. The van der Waals surface area contributed by atoms with Gasteiger partial charge in [-0.2, -0.15) is 0 Å². The van der Waals surface area contributed by atoms with Gasteiger partial charge < -0.3 is 33.8 Å². The first kappa shape index (κ1) is 96.5. The van der Waals surface area contributed by atoms with E-state index in [4.69, 9.17) is 37.0 Å². The molecule has 0 aliphatic rings. The van der Waals surface area contributed by atoms with E-state index in [0.29, 0.717) is 25.7 Å². The molecule has 0 radical (unpaired) electrons. The third kappa shape index (κ3) is 69.7. The molecule has 0 heterocycles. The fourth-order valence-corrected chi connectivity index (χ4v) is 13.3. The van der Waals surface area contributed by atoms with Crippen LogP contribution in [-0.2, 0) is 65.4 Å². The van der Waals surface area contributed by atoms with Crippen LogP contribution in [0.4, 0.5) is 0 Å². The molecular weight excluding hydrogens is 1290 g/mol. The summed E-state index contributed by atoms with van der Waals surface area (Å²) >= 11 is 0. The Morgan fingerprint density at radius 2 is 0.566 bits per heavy atom. The van der Waals surface area contributed by atoms with Gasteiger partial charge in [-0.05, 0) is 69.1 Å². The summed E-state index contributed by atoms with van der Waals surface area (Å²) in [6.07, 6.45) is 60.5. The monoisotopic (exact) mass is 1450 g/mol. The maximum atomic E-state index is 13.1. The van der Waals surface area contributed by atoms with E-state index in [0.717, 1.165) is 127 Å². The molecule has 17 nitrogen and oxygen atoms in total. The van der Waals surface area contributed by atoms with Gasteiger partial charge in [0, 0.05) is 25.7 Å². The highest BCUT2D eigenvalue weighted by molar-refractivity contribution is 7.47. The predicted molar refractivity (Wildman–Crippen MR) is 404 cm³/mol. The molecule has 5 unspecified atom stereocenters. The fourth-order valence-electron chi connectivity index (χ4n) is 11.7. The Morgan fingerprint density at radius 3 is 0.848 bits per heavy atom. The number of carbonyl (C=O) groups is 4. The van der Waals surface area contributed by atoms with Gasteiger partial charge in [0.1, 0.15) is 19.3 Å². The minimum Gasteiger partial charge on any atom is -0.462 e. The molecule has 99 heavy (non-hydrogen) atoms. The van der Waals surface area contributed by atoms with Gasteiger partial charge in [-0.3, -0.25) is 37.3 Å². The first-order valence-corrected chi connectivity index (χ1v) is 43.8. The summed E-state index contributed by atoms with van der Waals surface area (Å²) in [5.74, 6) is 0.227. The summed E-state index contributed by atoms with van der Waals surface area (Å²) < 4.78 is 68.6. The lowest BCUT2D eigenvalue weighted by atomic mass is 9.99. The van der Waals surface area contributed by atoms with Crippen LogP contribution in [0, 0.1) is 17.8 Å². The maximum absolute atomic E-state index is 13.1. The molecule has 0 aromatic heterocycles. The fraction of sp³-hybridized carbons (Fsp3) is 0.900. The highest BCUT2D eigenvalue weighted by atomic mass is 31.2. The number of phosphoric acid groups is 2. The third-order valence-electron chi connectivity index (χ3n) is 19.1. The van der Waals surface area contributed by atoms with Crippen LogP contribution in [0.1, 0.15) is 389 Å². The standard InChI is InChI=1S/C80H152O17P2/c1-8-12-13-14-15-16-17-18-23-27-30-33-40-49-56-63-79(84)96-75(67-90-77(82)61-54-47-39-36-35-38-45-52-59-72(6)10-3)69-94-98(86,87)92-65-74(81)66-93-99(88,89)95-70-76(68-91-78(83)62-55-48-43-42-46-53-60-73(7)11-4)97-80(85)64-57-50-41-34-31-28-25-22-20-19-21-24-26-29-32-37-44-51-58-71(5)9-2/h16-18,23,71-76,81H,8-15,19-22,24-70H2,1-7H3,(H,86,87)(H,88,89)/b17-16-,23-18-/t71?,72?,73?,74-,75-,76-/m1/s1. The third-order valence-corrected chi connectivity index (χ3v) is 21.0. The highest BCUT2D eigenvalue weighted by Gasteiger charge is 2.30. The van der Waals surface area contributed by atoms with E-state index in [9.17, 15) is 43.2 Å². The summed E-state index contributed by atoms with van der Waals surface area (Å²) in [5, 5.41) is 10.6. The Hall–Kier alpha value is -2.46. The van der Waals surface area contributed by atoms with Gasteiger partial charge >= 0.3 is 39.5 Å². The predicted octanol–water partition coefficient (Wildman–Crippen LogP) is 23.3. The molecule has 19 heteroatoms. The lowest BCUT2D eigenvalue weighted by Gasteiger charge is -2.21. The second-order valence-electron chi connectivity index (χ2n) is 28.8. The van der Waals surface area contributed by atoms with E-state index in [1.807, 2.05) is 0 Å². The van der Waals surface area contributed by atoms with E-state index in [1.54, 1.807) is 0 Å².